The van der Waals surface area contributed by atoms with Crippen LogP contribution in [0.3, 0.4) is 0 Å². The summed E-state index contributed by atoms with van der Waals surface area (Å²) in [7, 11) is 1.62. The number of hydrogen-bond donors (Lipinski definition) is 1. The predicted molar refractivity (Wildman–Crippen MR) is 40.9 cm³/mol. The zero-order valence-corrected chi connectivity index (χ0v) is 6.49. The van der Waals surface area contributed by atoms with Crippen molar-refractivity contribution >= 4 is 0 Å². The van der Waals surface area contributed by atoms with Crippen molar-refractivity contribution in [3.05, 3.63) is 12.3 Å². The summed E-state index contributed by atoms with van der Waals surface area (Å²) in [6, 6.07) is 0. The first-order chi connectivity index (χ1) is 4.77. The molecule has 4 heteroatoms. The molecule has 0 radical (unpaired) electrons. The normalized spacial score (nSPS) is 11.5. The van der Waals surface area contributed by atoms with Gasteiger partial charge in [-0.15, -0.1) is 5.11 Å². The zero-order valence-electron chi connectivity index (χ0n) is 6.49. The third-order valence-corrected chi connectivity index (χ3v) is 0.820. The molecular formula is C6H14N4. The maximum atomic E-state index is 5.15. The first-order valence-corrected chi connectivity index (χ1v) is 3.31. The van der Waals surface area contributed by atoms with Crippen LogP contribution in [0.5, 0.6) is 0 Å². The number of nitrogens with two attached hydrogens (primary N) is 1. The molecule has 2 N–H and O–H groups in total. The standard InChI is InChI=1S/C6H14N4/c1-3-4-5-6-8-9-10(2)7/h5-6H,3-4,7H2,1-2H3/b6-5+,9-8-. The molecule has 10 heavy (non-hydrogen) atoms. The second-order valence-corrected chi connectivity index (χ2v) is 1.95. The third-order valence-electron chi connectivity index (χ3n) is 0.820. The van der Waals surface area contributed by atoms with Gasteiger partial charge in [0.1, 0.15) is 0 Å². The quantitative estimate of drug-likeness (QED) is 0.367. The lowest BCUT2D eigenvalue weighted by atomic mass is 10.3. The third kappa shape index (κ3) is 7.10. The summed E-state index contributed by atoms with van der Waals surface area (Å²) in [6.45, 7) is 2.11. The molecule has 0 aliphatic heterocycles. The van der Waals surface area contributed by atoms with Gasteiger partial charge in [0.05, 0.1) is 0 Å². The Hall–Kier alpha value is -0.900. The Morgan fingerprint density at radius 1 is 1.60 bits per heavy atom. The van der Waals surface area contributed by atoms with E-state index in [1.54, 1.807) is 13.2 Å². The van der Waals surface area contributed by atoms with E-state index in [1.165, 1.54) is 0 Å². The van der Waals surface area contributed by atoms with Crippen molar-refractivity contribution in [3.8, 4) is 0 Å². The van der Waals surface area contributed by atoms with Crippen LogP contribution in [-0.2, 0) is 0 Å². The predicted octanol–water partition coefficient (Wildman–Crippen LogP) is 1.47. The average Bonchev–Trinajstić information content (AvgIpc) is 1.87. The van der Waals surface area contributed by atoms with Gasteiger partial charge in [-0.1, -0.05) is 24.6 Å². The minimum atomic E-state index is 1.04. The van der Waals surface area contributed by atoms with Gasteiger partial charge in [0.2, 0.25) is 0 Å². The van der Waals surface area contributed by atoms with Gasteiger partial charge in [-0.2, -0.15) is 0 Å². The second-order valence-electron chi connectivity index (χ2n) is 1.95. The van der Waals surface area contributed by atoms with E-state index in [4.69, 9.17) is 5.84 Å². The van der Waals surface area contributed by atoms with Gasteiger partial charge in [0.15, 0.2) is 0 Å². The van der Waals surface area contributed by atoms with Gasteiger partial charge in [0.25, 0.3) is 0 Å². The highest BCUT2D eigenvalue weighted by Gasteiger charge is 1.73. The summed E-state index contributed by atoms with van der Waals surface area (Å²) in [5, 5.41) is 8.36. The lowest BCUT2D eigenvalue weighted by molar-refractivity contribution is 0.346. The van der Waals surface area contributed by atoms with E-state index in [9.17, 15) is 0 Å². The zero-order chi connectivity index (χ0) is 7.82. The summed E-state index contributed by atoms with van der Waals surface area (Å²) >= 11 is 0. The van der Waals surface area contributed by atoms with E-state index in [2.05, 4.69) is 17.3 Å². The number of allylic oxidation sites excluding steroid dienone is 1. The summed E-state index contributed by atoms with van der Waals surface area (Å²) in [6.07, 6.45) is 5.76. The smallest absolute Gasteiger partial charge is 0.0473 e. The number of hydrogen-bond acceptors (Lipinski definition) is 3. The molecule has 0 atom stereocenters. The van der Waals surface area contributed by atoms with Crippen molar-refractivity contribution in [2.24, 2.45) is 16.2 Å². The van der Waals surface area contributed by atoms with Gasteiger partial charge in [0, 0.05) is 13.2 Å². The van der Waals surface area contributed by atoms with E-state index in [0.29, 0.717) is 0 Å². The van der Waals surface area contributed by atoms with Crippen molar-refractivity contribution < 1.29 is 0 Å². The van der Waals surface area contributed by atoms with Crippen LogP contribution in [0, 0.1) is 0 Å². The lowest BCUT2D eigenvalue weighted by Crippen LogP contribution is -2.17. The molecule has 0 heterocycles. The van der Waals surface area contributed by atoms with Gasteiger partial charge >= 0.3 is 0 Å². The van der Waals surface area contributed by atoms with Crippen LogP contribution < -0.4 is 5.84 Å². The van der Waals surface area contributed by atoms with Crippen LogP contribution >= 0.6 is 0 Å². The SMILES string of the molecule is CCC/C=C/N=N\N(C)N. The number of nitrogens with zero attached hydrogens (tertiary/aromatic N) is 3. The van der Waals surface area contributed by atoms with Crippen LogP contribution in [0.4, 0.5) is 0 Å². The minimum Gasteiger partial charge on any atom is -0.230 e. The largest absolute Gasteiger partial charge is 0.230 e. The van der Waals surface area contributed by atoms with Crippen molar-refractivity contribution in [3.63, 3.8) is 0 Å². The highest BCUT2D eigenvalue weighted by Crippen LogP contribution is 1.88. The Labute approximate surface area is 61.4 Å². The topological polar surface area (TPSA) is 54.0 Å². The maximum absolute atomic E-state index is 5.15. The van der Waals surface area contributed by atoms with E-state index < -0.39 is 0 Å². The van der Waals surface area contributed by atoms with Gasteiger partial charge in [-0.05, 0) is 6.42 Å². The van der Waals surface area contributed by atoms with Crippen molar-refractivity contribution in [2.45, 2.75) is 19.8 Å². The summed E-state index contributed by atoms with van der Waals surface area (Å²) in [5.74, 6) is 5.15. The van der Waals surface area contributed by atoms with E-state index in [0.717, 1.165) is 18.0 Å². The first kappa shape index (κ1) is 9.10. The van der Waals surface area contributed by atoms with Crippen LogP contribution in [0.25, 0.3) is 0 Å². The molecular weight excluding hydrogens is 128 g/mol. The fraction of sp³-hybridized carbons (Fsp3) is 0.667. The van der Waals surface area contributed by atoms with Gasteiger partial charge in [-0.3, -0.25) is 0 Å². The number of rotatable bonds is 4. The maximum Gasteiger partial charge on any atom is 0.0473 e. The van der Waals surface area contributed by atoms with Crippen molar-refractivity contribution in [1.82, 2.24) is 5.12 Å². The Morgan fingerprint density at radius 3 is 2.80 bits per heavy atom. The Balaban J connectivity index is 3.32. The Bertz CT molecular complexity index is 117. The van der Waals surface area contributed by atoms with Crippen LogP contribution in [0.1, 0.15) is 19.8 Å². The number of unbranched alkanes of at least 4 members (excludes halogenated alkanes) is 1. The lowest BCUT2D eigenvalue weighted by Gasteiger charge is -1.96. The van der Waals surface area contributed by atoms with Crippen LogP contribution in [0.15, 0.2) is 22.6 Å². The second kappa shape index (κ2) is 6.22. The summed E-state index contributed by atoms with van der Waals surface area (Å²) in [4.78, 5) is 0. The first-order valence-electron chi connectivity index (χ1n) is 3.31. The monoisotopic (exact) mass is 142 g/mol. The van der Waals surface area contributed by atoms with Gasteiger partial charge in [-0.25, -0.2) is 11.0 Å². The molecule has 4 nitrogen and oxygen atoms in total. The Kier molecular flexibility index (Phi) is 5.66. The molecule has 0 fully saturated rings. The fourth-order valence-electron chi connectivity index (χ4n) is 0.400. The molecule has 0 spiro atoms. The van der Waals surface area contributed by atoms with E-state index >= 15 is 0 Å². The Morgan fingerprint density at radius 2 is 2.30 bits per heavy atom. The molecule has 0 rings (SSSR count). The molecule has 0 unspecified atom stereocenters. The molecule has 0 aromatic heterocycles. The van der Waals surface area contributed by atoms with Crippen molar-refractivity contribution in [2.75, 3.05) is 7.05 Å². The van der Waals surface area contributed by atoms with Crippen LogP contribution in [0.2, 0.25) is 0 Å². The molecule has 58 valence electrons. The molecule has 0 bridgehead atoms. The molecule has 0 aromatic carbocycles. The van der Waals surface area contributed by atoms with E-state index in [-0.39, 0.29) is 0 Å². The highest BCUT2D eigenvalue weighted by atomic mass is 15.7. The highest BCUT2D eigenvalue weighted by molar-refractivity contribution is 4.76. The average molecular weight is 142 g/mol. The molecule has 0 aliphatic rings. The fourth-order valence-corrected chi connectivity index (χ4v) is 0.400. The number of hydrazine groups is 1. The molecule has 0 saturated carbocycles. The summed E-state index contributed by atoms with van der Waals surface area (Å²) in [5.41, 5.74) is 0. The molecule has 0 aromatic rings. The molecule has 0 amide bonds. The molecule has 0 aliphatic carbocycles. The summed E-state index contributed by atoms with van der Waals surface area (Å²) < 4.78 is 0. The van der Waals surface area contributed by atoms with Gasteiger partial charge < -0.3 is 0 Å². The van der Waals surface area contributed by atoms with Crippen molar-refractivity contribution in [1.29, 1.82) is 0 Å². The minimum absolute atomic E-state index is 1.04. The van der Waals surface area contributed by atoms with Crippen LogP contribution in [-0.4, -0.2) is 12.2 Å². The van der Waals surface area contributed by atoms with E-state index in [1.807, 2.05) is 6.08 Å². The molecule has 0 saturated heterocycles.